The molecule has 1 amide bonds. The van der Waals surface area contributed by atoms with E-state index in [1.807, 2.05) is 66.7 Å². The molecule has 1 N–H and O–H groups in total. The number of ether oxygens (including phenoxy) is 2. The lowest BCUT2D eigenvalue weighted by atomic mass is 10.1. The Morgan fingerprint density at radius 3 is 2.45 bits per heavy atom. The Labute approximate surface area is 172 Å². The molecule has 0 saturated heterocycles. The molecule has 1 heterocycles. The monoisotopic (exact) mass is 405 g/mol. The van der Waals surface area contributed by atoms with Crippen molar-refractivity contribution in [1.82, 2.24) is 10.2 Å². The zero-order chi connectivity index (χ0) is 20.2. The van der Waals surface area contributed by atoms with E-state index in [1.165, 1.54) is 11.3 Å². The van der Waals surface area contributed by atoms with Crippen molar-refractivity contribution in [2.75, 3.05) is 12.4 Å². The minimum absolute atomic E-state index is 0.282. The SMILES string of the molecule is COc1ccc(-c2nnc(NC(=O)[C@H](C)Oc3ccc4ccccc4c3)s2)cc1. The number of rotatable bonds is 6. The average molecular weight is 405 g/mol. The number of anilines is 1. The van der Waals surface area contributed by atoms with E-state index in [4.69, 9.17) is 9.47 Å². The molecule has 4 rings (SSSR count). The topological polar surface area (TPSA) is 73.3 Å². The average Bonchev–Trinajstić information content (AvgIpc) is 3.22. The van der Waals surface area contributed by atoms with Crippen molar-refractivity contribution in [3.05, 3.63) is 66.7 Å². The number of nitrogens with zero attached hydrogens (tertiary/aromatic N) is 2. The molecule has 0 aliphatic rings. The van der Waals surface area contributed by atoms with Crippen LogP contribution in [0.15, 0.2) is 66.7 Å². The quantitative estimate of drug-likeness (QED) is 0.500. The summed E-state index contributed by atoms with van der Waals surface area (Å²) in [7, 11) is 1.62. The first-order valence-corrected chi connectivity index (χ1v) is 9.88. The first-order chi connectivity index (χ1) is 14.1. The van der Waals surface area contributed by atoms with Crippen LogP contribution in [0.3, 0.4) is 0 Å². The van der Waals surface area contributed by atoms with Crippen LogP contribution in [0.1, 0.15) is 6.92 Å². The van der Waals surface area contributed by atoms with Crippen molar-refractivity contribution in [3.63, 3.8) is 0 Å². The Balaban J connectivity index is 1.41. The molecular weight excluding hydrogens is 386 g/mol. The van der Waals surface area contributed by atoms with Gasteiger partial charge in [0.05, 0.1) is 7.11 Å². The normalized spacial score (nSPS) is 11.8. The van der Waals surface area contributed by atoms with Crippen molar-refractivity contribution in [3.8, 4) is 22.1 Å². The molecule has 0 radical (unpaired) electrons. The highest BCUT2D eigenvalue weighted by Crippen LogP contribution is 2.28. The molecule has 6 nitrogen and oxygen atoms in total. The van der Waals surface area contributed by atoms with Crippen LogP contribution in [-0.2, 0) is 4.79 Å². The highest BCUT2D eigenvalue weighted by atomic mass is 32.1. The lowest BCUT2D eigenvalue weighted by Gasteiger charge is -2.14. The molecule has 0 bridgehead atoms. The van der Waals surface area contributed by atoms with Gasteiger partial charge in [0.15, 0.2) is 6.10 Å². The molecule has 146 valence electrons. The van der Waals surface area contributed by atoms with Crippen LogP contribution in [0.25, 0.3) is 21.3 Å². The van der Waals surface area contributed by atoms with Crippen LogP contribution in [0.5, 0.6) is 11.5 Å². The summed E-state index contributed by atoms with van der Waals surface area (Å²) in [5.74, 6) is 1.13. The maximum atomic E-state index is 12.5. The molecule has 3 aromatic carbocycles. The zero-order valence-corrected chi connectivity index (χ0v) is 16.8. The minimum Gasteiger partial charge on any atom is -0.497 e. The van der Waals surface area contributed by atoms with E-state index < -0.39 is 6.10 Å². The number of fused-ring (bicyclic) bond motifs is 1. The molecule has 0 unspecified atom stereocenters. The lowest BCUT2D eigenvalue weighted by Crippen LogP contribution is -2.30. The Morgan fingerprint density at radius 2 is 1.69 bits per heavy atom. The summed E-state index contributed by atoms with van der Waals surface area (Å²) in [6.45, 7) is 1.70. The van der Waals surface area contributed by atoms with Crippen molar-refractivity contribution in [1.29, 1.82) is 0 Å². The van der Waals surface area contributed by atoms with Gasteiger partial charge in [-0.2, -0.15) is 0 Å². The number of hydrogen-bond acceptors (Lipinski definition) is 6. The maximum Gasteiger partial charge on any atom is 0.266 e. The van der Waals surface area contributed by atoms with Crippen LogP contribution >= 0.6 is 11.3 Å². The van der Waals surface area contributed by atoms with Gasteiger partial charge in [0.25, 0.3) is 5.91 Å². The Kier molecular flexibility index (Phi) is 5.39. The molecular formula is C22H19N3O3S. The predicted octanol–water partition coefficient (Wildman–Crippen LogP) is 4.77. The van der Waals surface area contributed by atoms with E-state index in [-0.39, 0.29) is 5.91 Å². The molecule has 7 heteroatoms. The van der Waals surface area contributed by atoms with Gasteiger partial charge in [-0.05, 0) is 54.1 Å². The smallest absolute Gasteiger partial charge is 0.266 e. The van der Waals surface area contributed by atoms with Gasteiger partial charge in [0, 0.05) is 5.56 Å². The first kappa shape index (κ1) is 18.9. The van der Waals surface area contributed by atoms with Gasteiger partial charge in [0.2, 0.25) is 5.13 Å². The molecule has 0 aliphatic carbocycles. The van der Waals surface area contributed by atoms with Gasteiger partial charge in [-0.3, -0.25) is 10.1 Å². The van der Waals surface area contributed by atoms with Crippen molar-refractivity contribution >= 4 is 33.1 Å². The fourth-order valence-electron chi connectivity index (χ4n) is 2.83. The molecule has 1 aromatic heterocycles. The fraction of sp³-hybridized carbons (Fsp3) is 0.136. The summed E-state index contributed by atoms with van der Waals surface area (Å²) < 4.78 is 11.0. The second kappa shape index (κ2) is 8.28. The number of benzene rings is 3. The van der Waals surface area contributed by atoms with Crippen LogP contribution in [-0.4, -0.2) is 29.3 Å². The van der Waals surface area contributed by atoms with Crippen LogP contribution in [0.2, 0.25) is 0 Å². The third kappa shape index (κ3) is 4.35. The number of methoxy groups -OCH3 is 1. The largest absolute Gasteiger partial charge is 0.497 e. The third-order valence-electron chi connectivity index (χ3n) is 4.40. The standard InChI is InChI=1S/C22H19N3O3S/c1-14(28-19-12-7-15-5-3-4-6-17(15)13-19)20(26)23-22-25-24-21(29-22)16-8-10-18(27-2)11-9-16/h3-14H,1-2H3,(H,23,25,26)/t14-/m0/s1. The predicted molar refractivity (Wildman–Crippen MR) is 115 cm³/mol. The first-order valence-electron chi connectivity index (χ1n) is 9.06. The third-order valence-corrected chi connectivity index (χ3v) is 5.28. The van der Waals surface area contributed by atoms with Crippen molar-refractivity contribution in [2.45, 2.75) is 13.0 Å². The zero-order valence-electron chi connectivity index (χ0n) is 16.0. The van der Waals surface area contributed by atoms with Gasteiger partial charge in [0.1, 0.15) is 16.5 Å². The number of aromatic nitrogens is 2. The van der Waals surface area contributed by atoms with Crippen molar-refractivity contribution < 1.29 is 14.3 Å². The van der Waals surface area contributed by atoms with Crippen LogP contribution in [0.4, 0.5) is 5.13 Å². The van der Waals surface area contributed by atoms with E-state index in [0.717, 1.165) is 22.1 Å². The summed E-state index contributed by atoms with van der Waals surface area (Å²) in [6, 6.07) is 21.3. The number of carbonyl (C=O) groups is 1. The number of amides is 1. The van der Waals surface area contributed by atoms with E-state index in [0.29, 0.717) is 15.9 Å². The van der Waals surface area contributed by atoms with Gasteiger partial charge < -0.3 is 9.47 Å². The van der Waals surface area contributed by atoms with E-state index in [2.05, 4.69) is 15.5 Å². The number of nitrogens with one attached hydrogen (secondary N) is 1. The number of carbonyl (C=O) groups excluding carboxylic acids is 1. The minimum atomic E-state index is -0.676. The molecule has 0 spiro atoms. The molecule has 0 fully saturated rings. The fourth-order valence-corrected chi connectivity index (χ4v) is 3.58. The molecule has 29 heavy (non-hydrogen) atoms. The molecule has 0 saturated carbocycles. The van der Waals surface area contributed by atoms with Gasteiger partial charge in [-0.1, -0.05) is 41.7 Å². The number of hydrogen-bond donors (Lipinski definition) is 1. The maximum absolute atomic E-state index is 12.5. The van der Waals surface area contributed by atoms with Crippen LogP contribution < -0.4 is 14.8 Å². The summed E-state index contributed by atoms with van der Waals surface area (Å²) in [6.07, 6.45) is -0.676. The summed E-state index contributed by atoms with van der Waals surface area (Å²) in [5, 5.41) is 14.3. The molecule has 4 aromatic rings. The van der Waals surface area contributed by atoms with E-state index in [9.17, 15) is 4.79 Å². The Bertz CT molecular complexity index is 1140. The van der Waals surface area contributed by atoms with Gasteiger partial charge >= 0.3 is 0 Å². The van der Waals surface area contributed by atoms with Gasteiger partial charge in [-0.25, -0.2) is 0 Å². The second-order valence-electron chi connectivity index (χ2n) is 6.40. The second-order valence-corrected chi connectivity index (χ2v) is 7.38. The lowest BCUT2D eigenvalue weighted by molar-refractivity contribution is -0.122. The highest BCUT2D eigenvalue weighted by molar-refractivity contribution is 7.18. The summed E-state index contributed by atoms with van der Waals surface area (Å²) in [4.78, 5) is 12.5. The molecule has 1 atom stereocenters. The molecule has 0 aliphatic heterocycles. The van der Waals surface area contributed by atoms with E-state index >= 15 is 0 Å². The highest BCUT2D eigenvalue weighted by Gasteiger charge is 2.17. The van der Waals surface area contributed by atoms with Gasteiger partial charge in [-0.15, -0.1) is 10.2 Å². The van der Waals surface area contributed by atoms with E-state index in [1.54, 1.807) is 14.0 Å². The summed E-state index contributed by atoms with van der Waals surface area (Å²) in [5.41, 5.74) is 0.907. The summed E-state index contributed by atoms with van der Waals surface area (Å²) >= 11 is 1.30. The Hall–Kier alpha value is -3.45. The Morgan fingerprint density at radius 1 is 0.966 bits per heavy atom. The van der Waals surface area contributed by atoms with Crippen molar-refractivity contribution in [2.24, 2.45) is 0 Å². The van der Waals surface area contributed by atoms with Crippen LogP contribution in [0, 0.1) is 0 Å².